The number of amides is 1. The van der Waals surface area contributed by atoms with Crippen LogP contribution < -0.4 is 11.1 Å². The van der Waals surface area contributed by atoms with Crippen molar-refractivity contribution >= 4 is 29.3 Å². The molecule has 3 N–H and O–H groups in total. The van der Waals surface area contributed by atoms with E-state index >= 15 is 0 Å². The van der Waals surface area contributed by atoms with Gasteiger partial charge in [-0.05, 0) is 47.9 Å². The Kier molecular flexibility index (Phi) is 5.41. The van der Waals surface area contributed by atoms with Crippen LogP contribution >= 0.6 is 11.6 Å². The molecule has 0 saturated heterocycles. The topological polar surface area (TPSA) is 55.1 Å². The van der Waals surface area contributed by atoms with Gasteiger partial charge in [0.1, 0.15) is 0 Å². The summed E-state index contributed by atoms with van der Waals surface area (Å²) in [5.41, 5.74) is 8.36. The average Bonchev–Trinajstić information content (AvgIpc) is 2.45. The quantitative estimate of drug-likeness (QED) is 0.657. The van der Waals surface area contributed by atoms with Gasteiger partial charge in [-0.3, -0.25) is 4.79 Å². The number of anilines is 1. The van der Waals surface area contributed by atoms with Gasteiger partial charge in [-0.25, -0.2) is 0 Å². The van der Waals surface area contributed by atoms with Crippen molar-refractivity contribution in [1.82, 2.24) is 5.32 Å². The lowest BCUT2D eigenvalue weighted by Gasteiger charge is -2.03. The predicted octanol–water partition coefficient (Wildman–Crippen LogP) is 3.29. The van der Waals surface area contributed by atoms with Crippen LogP contribution in [0.25, 0.3) is 6.08 Å². The summed E-state index contributed by atoms with van der Waals surface area (Å²) in [4.78, 5) is 11.7. The summed E-state index contributed by atoms with van der Waals surface area (Å²) in [6.45, 7) is 0.570. The van der Waals surface area contributed by atoms with Gasteiger partial charge in [0.05, 0.1) is 0 Å². The summed E-state index contributed by atoms with van der Waals surface area (Å²) >= 11 is 5.91. The van der Waals surface area contributed by atoms with Crippen LogP contribution in [-0.4, -0.2) is 12.5 Å². The van der Waals surface area contributed by atoms with Gasteiger partial charge in [0.15, 0.2) is 0 Å². The Morgan fingerprint density at radius 2 is 2.00 bits per heavy atom. The third-order valence-corrected chi connectivity index (χ3v) is 3.17. The molecule has 0 bridgehead atoms. The lowest BCUT2D eigenvalue weighted by Crippen LogP contribution is -2.23. The van der Waals surface area contributed by atoms with E-state index in [0.717, 1.165) is 17.5 Å². The second-order valence-electron chi connectivity index (χ2n) is 4.67. The summed E-state index contributed by atoms with van der Waals surface area (Å²) in [6, 6.07) is 15.0. The maximum absolute atomic E-state index is 11.7. The molecule has 1 amide bonds. The Hall–Kier alpha value is -2.26. The van der Waals surface area contributed by atoms with Crippen molar-refractivity contribution in [2.24, 2.45) is 0 Å². The van der Waals surface area contributed by atoms with Gasteiger partial charge in [-0.15, -0.1) is 0 Å². The van der Waals surface area contributed by atoms with Crippen LogP contribution in [0.15, 0.2) is 54.6 Å². The first-order chi connectivity index (χ1) is 10.1. The number of hydrogen-bond donors (Lipinski definition) is 2. The summed E-state index contributed by atoms with van der Waals surface area (Å²) in [7, 11) is 0. The molecule has 0 aliphatic carbocycles. The highest BCUT2D eigenvalue weighted by atomic mass is 35.5. The monoisotopic (exact) mass is 300 g/mol. The van der Waals surface area contributed by atoms with Gasteiger partial charge in [0.25, 0.3) is 0 Å². The first-order valence-corrected chi connectivity index (χ1v) is 7.07. The van der Waals surface area contributed by atoms with E-state index in [9.17, 15) is 4.79 Å². The van der Waals surface area contributed by atoms with Crippen molar-refractivity contribution < 1.29 is 4.79 Å². The molecule has 0 atom stereocenters. The average molecular weight is 301 g/mol. The van der Waals surface area contributed by atoms with E-state index in [2.05, 4.69) is 5.32 Å². The third kappa shape index (κ3) is 5.32. The summed E-state index contributed by atoms with van der Waals surface area (Å²) in [5.74, 6) is -0.126. The molecule has 0 heterocycles. The maximum atomic E-state index is 11.7. The zero-order valence-corrected chi connectivity index (χ0v) is 12.3. The van der Waals surface area contributed by atoms with Gasteiger partial charge in [0.2, 0.25) is 5.91 Å². The van der Waals surface area contributed by atoms with Crippen molar-refractivity contribution in [3.05, 3.63) is 70.8 Å². The molecular weight excluding hydrogens is 284 g/mol. The zero-order valence-electron chi connectivity index (χ0n) is 11.6. The van der Waals surface area contributed by atoms with Crippen LogP contribution in [0.1, 0.15) is 11.1 Å². The fraction of sp³-hybridized carbons (Fsp3) is 0.118. The lowest BCUT2D eigenvalue weighted by molar-refractivity contribution is -0.116. The number of carbonyl (C=O) groups excluding carboxylic acids is 1. The van der Waals surface area contributed by atoms with Gasteiger partial charge >= 0.3 is 0 Å². The fourth-order valence-electron chi connectivity index (χ4n) is 1.92. The number of carbonyl (C=O) groups is 1. The van der Waals surface area contributed by atoms with Crippen LogP contribution in [0.3, 0.4) is 0 Å². The number of benzene rings is 2. The first-order valence-electron chi connectivity index (χ1n) is 6.69. The molecule has 21 heavy (non-hydrogen) atoms. The number of nitrogens with two attached hydrogens (primary N) is 1. The predicted molar refractivity (Wildman–Crippen MR) is 88.1 cm³/mol. The van der Waals surface area contributed by atoms with Gasteiger partial charge in [0, 0.05) is 23.3 Å². The highest BCUT2D eigenvalue weighted by Crippen LogP contribution is 2.10. The normalized spacial score (nSPS) is 10.7. The minimum Gasteiger partial charge on any atom is -0.399 e. The number of halogens is 1. The smallest absolute Gasteiger partial charge is 0.244 e. The molecule has 2 aromatic rings. The molecule has 108 valence electrons. The second-order valence-corrected chi connectivity index (χ2v) is 5.11. The fourth-order valence-corrected chi connectivity index (χ4v) is 2.13. The Morgan fingerprint density at radius 1 is 1.19 bits per heavy atom. The SMILES string of the molecule is Nc1cccc(/C=C/C(=O)NCCc2cccc(Cl)c2)c1. The summed E-state index contributed by atoms with van der Waals surface area (Å²) < 4.78 is 0. The van der Waals surface area contributed by atoms with E-state index < -0.39 is 0 Å². The molecule has 0 saturated carbocycles. The van der Waals surface area contributed by atoms with E-state index in [1.165, 1.54) is 6.08 Å². The van der Waals surface area contributed by atoms with Crippen LogP contribution in [0.2, 0.25) is 5.02 Å². The van der Waals surface area contributed by atoms with Crippen molar-refractivity contribution in [2.45, 2.75) is 6.42 Å². The second kappa shape index (κ2) is 7.50. The van der Waals surface area contributed by atoms with Crippen molar-refractivity contribution in [3.8, 4) is 0 Å². The van der Waals surface area contributed by atoms with Crippen LogP contribution in [0.4, 0.5) is 5.69 Å². The summed E-state index contributed by atoms with van der Waals surface area (Å²) in [6.07, 6.45) is 4.00. The van der Waals surface area contributed by atoms with E-state index in [1.807, 2.05) is 48.5 Å². The number of rotatable bonds is 5. The van der Waals surface area contributed by atoms with Crippen LogP contribution in [0.5, 0.6) is 0 Å². The molecule has 0 fully saturated rings. The largest absolute Gasteiger partial charge is 0.399 e. The Morgan fingerprint density at radius 3 is 2.76 bits per heavy atom. The lowest BCUT2D eigenvalue weighted by atomic mass is 10.1. The van der Waals surface area contributed by atoms with Crippen molar-refractivity contribution in [3.63, 3.8) is 0 Å². The number of hydrogen-bond acceptors (Lipinski definition) is 2. The molecule has 3 nitrogen and oxygen atoms in total. The number of nitrogens with one attached hydrogen (secondary N) is 1. The Bertz CT molecular complexity index is 653. The molecule has 0 radical (unpaired) electrons. The van der Waals surface area contributed by atoms with E-state index in [-0.39, 0.29) is 5.91 Å². The van der Waals surface area contributed by atoms with E-state index in [4.69, 9.17) is 17.3 Å². The van der Waals surface area contributed by atoms with E-state index in [1.54, 1.807) is 6.08 Å². The van der Waals surface area contributed by atoms with E-state index in [0.29, 0.717) is 17.3 Å². The molecular formula is C17H17ClN2O. The first kappa shape index (κ1) is 15.1. The van der Waals surface area contributed by atoms with Crippen LogP contribution in [-0.2, 0) is 11.2 Å². The minimum absolute atomic E-state index is 0.126. The molecule has 0 aliphatic heterocycles. The van der Waals surface area contributed by atoms with Gasteiger partial charge < -0.3 is 11.1 Å². The highest BCUT2D eigenvalue weighted by molar-refractivity contribution is 6.30. The molecule has 0 spiro atoms. The van der Waals surface area contributed by atoms with Gasteiger partial charge in [-0.2, -0.15) is 0 Å². The molecule has 4 heteroatoms. The van der Waals surface area contributed by atoms with Gasteiger partial charge in [-0.1, -0.05) is 35.9 Å². The van der Waals surface area contributed by atoms with Crippen molar-refractivity contribution in [2.75, 3.05) is 12.3 Å². The zero-order chi connectivity index (χ0) is 15.1. The molecule has 0 unspecified atom stereocenters. The molecule has 0 aliphatic rings. The van der Waals surface area contributed by atoms with Crippen molar-refractivity contribution in [1.29, 1.82) is 0 Å². The number of nitrogen functional groups attached to an aromatic ring is 1. The Balaban J connectivity index is 1.80. The minimum atomic E-state index is -0.126. The highest BCUT2D eigenvalue weighted by Gasteiger charge is 1.97. The van der Waals surface area contributed by atoms with Crippen LogP contribution in [0, 0.1) is 0 Å². The molecule has 2 rings (SSSR count). The molecule has 2 aromatic carbocycles. The maximum Gasteiger partial charge on any atom is 0.244 e. The third-order valence-electron chi connectivity index (χ3n) is 2.94. The molecule has 0 aromatic heterocycles. The Labute approximate surface area is 129 Å². The summed E-state index contributed by atoms with van der Waals surface area (Å²) in [5, 5.41) is 3.54. The standard InChI is InChI=1S/C17H17ClN2O/c18-15-5-1-3-14(11-15)9-10-20-17(21)8-7-13-4-2-6-16(19)12-13/h1-8,11-12H,9-10,19H2,(H,20,21)/b8-7+.